The third-order valence-electron chi connectivity index (χ3n) is 4.17. The summed E-state index contributed by atoms with van der Waals surface area (Å²) in [6.45, 7) is 1.84. The van der Waals surface area contributed by atoms with E-state index in [2.05, 4.69) is 15.5 Å². The third-order valence-corrected chi connectivity index (χ3v) is 5.31. The minimum atomic E-state index is -0.344. The summed E-state index contributed by atoms with van der Waals surface area (Å²) < 4.78 is 12.3. The van der Waals surface area contributed by atoms with Gasteiger partial charge in [0.25, 0.3) is 0 Å². The molecular formula is C20H22N4O3S. The summed E-state index contributed by atoms with van der Waals surface area (Å²) in [6, 6.07) is 14.8. The molecule has 0 aliphatic heterocycles. The molecule has 0 radical (unpaired) electrons. The fourth-order valence-electron chi connectivity index (χ4n) is 2.56. The number of rotatable bonds is 7. The molecule has 0 saturated carbocycles. The Bertz CT molecular complexity index is 956. The first-order valence-electron chi connectivity index (χ1n) is 8.67. The van der Waals surface area contributed by atoms with Crippen LogP contribution in [0.1, 0.15) is 6.92 Å². The maximum absolute atomic E-state index is 12.5. The predicted octanol–water partition coefficient (Wildman–Crippen LogP) is 3.62. The lowest BCUT2D eigenvalue weighted by molar-refractivity contribution is -0.115. The fourth-order valence-corrected chi connectivity index (χ4v) is 3.38. The van der Waals surface area contributed by atoms with Crippen molar-refractivity contribution >= 4 is 23.4 Å². The van der Waals surface area contributed by atoms with Crippen molar-refractivity contribution in [1.82, 2.24) is 14.8 Å². The number of amides is 1. The highest BCUT2D eigenvalue weighted by molar-refractivity contribution is 8.00. The van der Waals surface area contributed by atoms with Crippen molar-refractivity contribution in [2.24, 2.45) is 7.05 Å². The van der Waals surface area contributed by atoms with Gasteiger partial charge in [0.05, 0.1) is 19.5 Å². The van der Waals surface area contributed by atoms with Crippen molar-refractivity contribution in [3.63, 3.8) is 0 Å². The number of thioether (sulfide) groups is 1. The summed E-state index contributed by atoms with van der Waals surface area (Å²) in [5, 5.41) is 11.7. The maximum atomic E-state index is 12.5. The van der Waals surface area contributed by atoms with Gasteiger partial charge in [-0.25, -0.2) is 0 Å². The number of aromatic nitrogens is 3. The number of carbonyl (C=O) groups is 1. The Labute approximate surface area is 168 Å². The number of nitrogens with one attached hydrogen (secondary N) is 1. The highest BCUT2D eigenvalue weighted by Gasteiger charge is 2.19. The van der Waals surface area contributed by atoms with Crippen molar-refractivity contribution in [2.75, 3.05) is 19.5 Å². The first-order valence-corrected chi connectivity index (χ1v) is 9.55. The molecule has 1 atom stereocenters. The summed E-state index contributed by atoms with van der Waals surface area (Å²) in [7, 11) is 5.11. The molecule has 0 spiro atoms. The van der Waals surface area contributed by atoms with E-state index in [9.17, 15) is 4.79 Å². The van der Waals surface area contributed by atoms with Gasteiger partial charge in [-0.3, -0.25) is 4.79 Å². The Morgan fingerprint density at radius 3 is 2.46 bits per heavy atom. The van der Waals surface area contributed by atoms with Gasteiger partial charge in [-0.2, -0.15) is 0 Å². The average Bonchev–Trinajstić information content (AvgIpc) is 3.08. The minimum absolute atomic E-state index is 0.110. The summed E-state index contributed by atoms with van der Waals surface area (Å²) >= 11 is 1.35. The second-order valence-corrected chi connectivity index (χ2v) is 7.38. The smallest absolute Gasteiger partial charge is 0.237 e. The second-order valence-electron chi connectivity index (χ2n) is 6.07. The first kappa shape index (κ1) is 19.8. The van der Waals surface area contributed by atoms with E-state index in [0.29, 0.717) is 16.7 Å². The van der Waals surface area contributed by atoms with Crippen LogP contribution in [0.2, 0.25) is 0 Å². The standard InChI is InChI=1S/C20H22N4O3S/c1-13(19(25)21-15-8-10-16(26-3)11-9-15)28-20-23-22-18(24(20)2)14-6-5-7-17(12-14)27-4/h5-13H,1-4H3,(H,21,25)/t13-/m1/s1. The molecule has 1 amide bonds. The Hall–Kier alpha value is -3.00. The molecular weight excluding hydrogens is 376 g/mol. The van der Waals surface area contributed by atoms with E-state index < -0.39 is 0 Å². The number of anilines is 1. The maximum Gasteiger partial charge on any atom is 0.237 e. The quantitative estimate of drug-likeness (QED) is 0.613. The van der Waals surface area contributed by atoms with Gasteiger partial charge in [-0.15, -0.1) is 10.2 Å². The van der Waals surface area contributed by atoms with Crippen LogP contribution in [0.3, 0.4) is 0 Å². The molecule has 0 fully saturated rings. The number of ether oxygens (including phenoxy) is 2. The van der Waals surface area contributed by atoms with Gasteiger partial charge in [-0.1, -0.05) is 23.9 Å². The minimum Gasteiger partial charge on any atom is -0.497 e. The lowest BCUT2D eigenvalue weighted by atomic mass is 10.2. The zero-order valence-electron chi connectivity index (χ0n) is 16.2. The SMILES string of the molecule is COc1ccc(NC(=O)[C@@H](C)Sc2nnc(-c3cccc(OC)c3)n2C)cc1. The van der Waals surface area contributed by atoms with Crippen molar-refractivity contribution in [3.05, 3.63) is 48.5 Å². The van der Waals surface area contributed by atoms with Gasteiger partial charge in [-0.05, 0) is 43.3 Å². The highest BCUT2D eigenvalue weighted by Crippen LogP contribution is 2.28. The van der Waals surface area contributed by atoms with Crippen LogP contribution in [-0.4, -0.2) is 40.1 Å². The van der Waals surface area contributed by atoms with Gasteiger partial charge in [0.15, 0.2) is 11.0 Å². The van der Waals surface area contributed by atoms with Crippen LogP contribution >= 0.6 is 11.8 Å². The Morgan fingerprint density at radius 1 is 1.07 bits per heavy atom. The lowest BCUT2D eigenvalue weighted by Gasteiger charge is -2.12. The van der Waals surface area contributed by atoms with Crippen LogP contribution in [0.25, 0.3) is 11.4 Å². The molecule has 7 nitrogen and oxygen atoms in total. The van der Waals surface area contributed by atoms with Gasteiger partial charge >= 0.3 is 0 Å². The number of carbonyl (C=O) groups excluding carboxylic acids is 1. The van der Waals surface area contributed by atoms with Crippen molar-refractivity contribution in [3.8, 4) is 22.9 Å². The van der Waals surface area contributed by atoms with E-state index in [1.54, 1.807) is 38.5 Å². The first-order chi connectivity index (χ1) is 13.5. The van der Waals surface area contributed by atoms with Crippen molar-refractivity contribution in [1.29, 1.82) is 0 Å². The van der Waals surface area contributed by atoms with Crippen molar-refractivity contribution < 1.29 is 14.3 Å². The molecule has 1 N–H and O–H groups in total. The highest BCUT2D eigenvalue weighted by atomic mass is 32.2. The summed E-state index contributed by atoms with van der Waals surface area (Å²) in [4.78, 5) is 12.5. The molecule has 3 aromatic rings. The van der Waals surface area contributed by atoms with E-state index >= 15 is 0 Å². The van der Waals surface area contributed by atoms with Crippen LogP contribution in [0.4, 0.5) is 5.69 Å². The number of methoxy groups -OCH3 is 2. The molecule has 1 aromatic heterocycles. The van der Waals surface area contributed by atoms with Crippen LogP contribution in [0, 0.1) is 0 Å². The number of nitrogens with zero attached hydrogens (tertiary/aromatic N) is 3. The van der Waals surface area contributed by atoms with Crippen molar-refractivity contribution in [2.45, 2.75) is 17.3 Å². The Balaban J connectivity index is 1.69. The molecule has 3 rings (SSSR count). The largest absolute Gasteiger partial charge is 0.497 e. The molecule has 0 aliphatic rings. The van der Waals surface area contributed by atoms with Gasteiger partial charge in [0.2, 0.25) is 5.91 Å². The second kappa shape index (κ2) is 8.79. The zero-order chi connectivity index (χ0) is 20.1. The van der Waals surface area contributed by atoms with E-state index in [4.69, 9.17) is 9.47 Å². The van der Waals surface area contributed by atoms with Gasteiger partial charge < -0.3 is 19.4 Å². The molecule has 0 unspecified atom stereocenters. The number of hydrogen-bond donors (Lipinski definition) is 1. The van der Waals surface area contributed by atoms with Crippen LogP contribution in [-0.2, 0) is 11.8 Å². The fraction of sp³-hybridized carbons (Fsp3) is 0.250. The number of benzene rings is 2. The molecule has 1 heterocycles. The van der Waals surface area contributed by atoms with E-state index in [1.165, 1.54) is 11.8 Å². The lowest BCUT2D eigenvalue weighted by Crippen LogP contribution is -2.22. The topological polar surface area (TPSA) is 78.3 Å². The summed E-state index contributed by atoms with van der Waals surface area (Å²) in [5.74, 6) is 2.09. The van der Waals surface area contributed by atoms with Gasteiger partial charge in [0.1, 0.15) is 11.5 Å². The normalized spacial score (nSPS) is 11.7. The van der Waals surface area contributed by atoms with E-state index in [1.807, 2.05) is 42.8 Å². The van der Waals surface area contributed by atoms with Crippen LogP contribution in [0.15, 0.2) is 53.7 Å². The zero-order valence-corrected chi connectivity index (χ0v) is 17.0. The molecule has 0 bridgehead atoms. The third kappa shape index (κ3) is 4.45. The van der Waals surface area contributed by atoms with Gasteiger partial charge in [0, 0.05) is 18.3 Å². The monoisotopic (exact) mass is 398 g/mol. The summed E-state index contributed by atoms with van der Waals surface area (Å²) in [6.07, 6.45) is 0. The van der Waals surface area contributed by atoms with E-state index in [-0.39, 0.29) is 11.2 Å². The summed E-state index contributed by atoms with van der Waals surface area (Å²) in [5.41, 5.74) is 1.62. The van der Waals surface area contributed by atoms with Crippen LogP contribution in [0.5, 0.6) is 11.5 Å². The molecule has 0 saturated heterocycles. The molecule has 2 aromatic carbocycles. The molecule has 28 heavy (non-hydrogen) atoms. The molecule has 0 aliphatic carbocycles. The Morgan fingerprint density at radius 2 is 1.79 bits per heavy atom. The predicted molar refractivity (Wildman–Crippen MR) is 110 cm³/mol. The Kier molecular flexibility index (Phi) is 6.20. The van der Waals surface area contributed by atoms with E-state index in [0.717, 1.165) is 17.1 Å². The molecule has 146 valence electrons. The number of hydrogen-bond acceptors (Lipinski definition) is 6. The van der Waals surface area contributed by atoms with Crippen LogP contribution < -0.4 is 14.8 Å². The molecule has 8 heteroatoms. The average molecular weight is 398 g/mol.